The molecule has 218 valence electrons. The lowest BCUT2D eigenvalue weighted by molar-refractivity contribution is -0.175. The van der Waals surface area contributed by atoms with E-state index in [-0.39, 0.29) is 62.6 Å². The van der Waals surface area contributed by atoms with Crippen LogP contribution in [0.4, 0.5) is 0 Å². The van der Waals surface area contributed by atoms with Gasteiger partial charge in [-0.05, 0) is 91.9 Å². The minimum absolute atomic E-state index is 0.0383. The van der Waals surface area contributed by atoms with E-state index >= 15 is 0 Å². The Morgan fingerprint density at radius 3 is 2.24 bits per heavy atom. The molecule has 1 heterocycles. The number of amides is 1. The Morgan fingerprint density at radius 2 is 1.61 bits per heavy atom. The fraction of sp³-hybridized carbons (Fsp3) is 0.743. The molecule has 6 nitrogen and oxygen atoms in total. The fourth-order valence-electron chi connectivity index (χ4n) is 11.3. The third kappa shape index (κ3) is 3.09. The largest absolute Gasteiger partial charge is 0.295 e. The normalized spacial score (nSPS) is 46.5. The van der Waals surface area contributed by atoms with E-state index in [1.807, 2.05) is 37.2 Å². The molecule has 4 saturated carbocycles. The van der Waals surface area contributed by atoms with Gasteiger partial charge < -0.3 is 0 Å². The van der Waals surface area contributed by atoms with Crippen LogP contribution in [0.3, 0.4) is 0 Å². The maximum Gasteiger partial charge on any atom is 0.256 e. The molecule has 0 aromatic carbocycles. The fourth-order valence-corrected chi connectivity index (χ4v) is 11.3. The first-order chi connectivity index (χ1) is 19.0. The van der Waals surface area contributed by atoms with Crippen molar-refractivity contribution >= 4 is 23.8 Å². The summed E-state index contributed by atoms with van der Waals surface area (Å²) in [5.74, 6) is 0.190. The first-order valence-electron chi connectivity index (χ1n) is 15.8. The Balaban J connectivity index is 1.38. The van der Waals surface area contributed by atoms with E-state index in [9.17, 15) is 19.6 Å². The van der Waals surface area contributed by atoms with Gasteiger partial charge in [-0.2, -0.15) is 5.26 Å². The molecular weight excluding hydrogens is 510 g/mol. The van der Waals surface area contributed by atoms with E-state index in [0.717, 1.165) is 63.4 Å². The van der Waals surface area contributed by atoms with E-state index in [1.54, 1.807) is 0 Å². The average molecular weight is 556 g/mol. The number of hydrogen-bond acceptors (Lipinski definition) is 5. The van der Waals surface area contributed by atoms with Gasteiger partial charge in [-0.25, -0.2) is 0 Å². The smallest absolute Gasteiger partial charge is 0.256 e. The topological polar surface area (TPSA) is 90.6 Å². The summed E-state index contributed by atoms with van der Waals surface area (Å²) in [7, 11) is 0. The van der Waals surface area contributed by atoms with Gasteiger partial charge in [0.15, 0.2) is 11.6 Å². The molecule has 0 radical (unpaired) electrons. The molecule has 0 saturated heterocycles. The third-order valence-electron chi connectivity index (χ3n) is 14.1. The van der Waals surface area contributed by atoms with E-state index in [4.69, 9.17) is 4.99 Å². The van der Waals surface area contributed by atoms with Crippen LogP contribution in [0.15, 0.2) is 28.3 Å². The monoisotopic (exact) mass is 555 g/mol. The molecule has 41 heavy (non-hydrogen) atoms. The van der Waals surface area contributed by atoms with Gasteiger partial charge in [-0.1, -0.05) is 60.1 Å². The SMILES string of the molecule is CC1(C)CC[C@]2(N3C=NC4(CC4)C3=O)CC[C@]3(C)[C@H](C(=O)C=C4[C@@]5(C)C=C(C#N)C(=O)C(C)(C)[C@@H]5CC[C@]43C)[C@@H]2C1. The number of carbonyl (C=O) groups is 3. The molecule has 7 aliphatic rings. The van der Waals surface area contributed by atoms with Crippen molar-refractivity contribution in [3.8, 4) is 6.07 Å². The minimum atomic E-state index is -0.666. The van der Waals surface area contributed by atoms with Crippen LogP contribution in [-0.2, 0) is 14.4 Å². The lowest BCUT2D eigenvalue weighted by Gasteiger charge is -2.70. The molecule has 4 fully saturated rings. The lowest BCUT2D eigenvalue weighted by Crippen LogP contribution is -2.70. The molecule has 1 spiro atoms. The van der Waals surface area contributed by atoms with Gasteiger partial charge in [0.2, 0.25) is 0 Å². The van der Waals surface area contributed by atoms with Gasteiger partial charge in [0.25, 0.3) is 5.91 Å². The summed E-state index contributed by atoms with van der Waals surface area (Å²) >= 11 is 0. The maximum absolute atomic E-state index is 14.7. The number of allylic oxidation sites excluding steroid dienone is 4. The molecule has 6 heteroatoms. The molecule has 0 bridgehead atoms. The summed E-state index contributed by atoms with van der Waals surface area (Å²) in [5, 5.41) is 9.95. The van der Waals surface area contributed by atoms with Crippen LogP contribution >= 0.6 is 0 Å². The van der Waals surface area contributed by atoms with Crippen LogP contribution in [0.5, 0.6) is 0 Å². The van der Waals surface area contributed by atoms with Crippen molar-refractivity contribution in [1.29, 1.82) is 5.26 Å². The first kappa shape index (κ1) is 27.3. The van der Waals surface area contributed by atoms with Crippen molar-refractivity contribution in [1.82, 2.24) is 4.90 Å². The molecule has 1 aliphatic heterocycles. The van der Waals surface area contributed by atoms with Crippen molar-refractivity contribution in [2.45, 2.75) is 117 Å². The average Bonchev–Trinajstić information content (AvgIpc) is 3.61. The second-order valence-corrected chi connectivity index (χ2v) is 16.8. The molecule has 6 aliphatic carbocycles. The zero-order chi connectivity index (χ0) is 29.6. The molecule has 0 unspecified atom stereocenters. The number of ketones is 2. The minimum Gasteiger partial charge on any atom is -0.295 e. The van der Waals surface area contributed by atoms with Crippen LogP contribution < -0.4 is 0 Å². The number of aliphatic imine (C=N–C) groups is 1. The van der Waals surface area contributed by atoms with Gasteiger partial charge in [0.1, 0.15) is 11.6 Å². The number of rotatable bonds is 1. The van der Waals surface area contributed by atoms with Crippen molar-refractivity contribution in [2.75, 3.05) is 0 Å². The predicted octanol–water partition coefficient (Wildman–Crippen LogP) is 6.36. The van der Waals surface area contributed by atoms with Crippen molar-refractivity contribution in [3.05, 3.63) is 23.3 Å². The number of Topliss-reactive ketones (excluding diaryl/α,β-unsaturated/α-hetero) is 1. The van der Waals surface area contributed by atoms with Gasteiger partial charge in [0, 0.05) is 16.7 Å². The van der Waals surface area contributed by atoms with E-state index in [1.165, 1.54) is 0 Å². The first-order valence-corrected chi connectivity index (χ1v) is 15.8. The summed E-state index contributed by atoms with van der Waals surface area (Å²) in [4.78, 5) is 48.6. The van der Waals surface area contributed by atoms with Gasteiger partial charge >= 0.3 is 0 Å². The van der Waals surface area contributed by atoms with Crippen LogP contribution in [0.25, 0.3) is 0 Å². The Morgan fingerprint density at radius 1 is 0.927 bits per heavy atom. The van der Waals surface area contributed by atoms with Gasteiger partial charge in [0.05, 0.1) is 17.5 Å². The van der Waals surface area contributed by atoms with Crippen LogP contribution in [0.2, 0.25) is 0 Å². The number of nitrogens with zero attached hydrogens (tertiary/aromatic N) is 3. The Labute approximate surface area is 244 Å². The Bertz CT molecular complexity index is 1440. The van der Waals surface area contributed by atoms with Crippen LogP contribution in [-0.4, -0.2) is 39.8 Å². The number of hydrogen-bond donors (Lipinski definition) is 0. The Kier molecular flexibility index (Phi) is 5.12. The molecule has 1 amide bonds. The second kappa shape index (κ2) is 7.69. The highest BCUT2D eigenvalue weighted by Gasteiger charge is 2.72. The number of fused-ring (bicyclic) bond motifs is 7. The molecule has 0 N–H and O–H groups in total. The molecule has 0 aromatic heterocycles. The molecule has 0 aromatic rings. The van der Waals surface area contributed by atoms with Crippen molar-refractivity contribution in [3.63, 3.8) is 0 Å². The summed E-state index contributed by atoms with van der Waals surface area (Å²) in [6.45, 7) is 15.5. The standard InChI is InChI=1S/C35H45N3O3/c1-29(2)10-14-35(38-20-37-34(12-13-34)28(38)41)15-11-33(7)26(22(35)18-29)23(39)16-25-31(5)17-21(19-36)27(40)30(3,4)24(31)8-9-32(25,33)6/h16-17,20,22,24,26H,8-15,18H2,1-7H3/t22-,24-,26-,31-,32+,33+,35-/m0/s1. The van der Waals surface area contributed by atoms with Crippen molar-refractivity contribution < 1.29 is 14.4 Å². The lowest BCUT2D eigenvalue weighted by atomic mass is 9.35. The zero-order valence-electron chi connectivity index (χ0n) is 25.9. The van der Waals surface area contributed by atoms with Crippen LogP contribution in [0, 0.1) is 56.2 Å². The maximum atomic E-state index is 14.7. The summed E-state index contributed by atoms with van der Waals surface area (Å²) < 4.78 is 0. The highest BCUT2D eigenvalue weighted by atomic mass is 16.2. The van der Waals surface area contributed by atoms with Crippen molar-refractivity contribution in [2.24, 2.45) is 49.8 Å². The van der Waals surface area contributed by atoms with E-state index in [0.29, 0.717) is 0 Å². The van der Waals surface area contributed by atoms with E-state index in [2.05, 4.69) is 40.7 Å². The quantitative estimate of drug-likeness (QED) is 0.376. The van der Waals surface area contributed by atoms with Gasteiger partial charge in [-0.3, -0.25) is 24.3 Å². The predicted molar refractivity (Wildman–Crippen MR) is 156 cm³/mol. The van der Waals surface area contributed by atoms with E-state index < -0.39 is 16.4 Å². The number of carbonyl (C=O) groups excluding carboxylic acids is 3. The summed E-state index contributed by atoms with van der Waals surface area (Å²) in [6.07, 6.45) is 13.8. The molecule has 7 rings (SSSR count). The summed E-state index contributed by atoms with van der Waals surface area (Å²) in [5.41, 5.74) is -1.17. The van der Waals surface area contributed by atoms with Crippen LogP contribution in [0.1, 0.15) is 106 Å². The zero-order valence-corrected chi connectivity index (χ0v) is 25.9. The highest BCUT2D eigenvalue weighted by Crippen LogP contribution is 2.74. The second-order valence-electron chi connectivity index (χ2n) is 16.8. The number of nitriles is 1. The highest BCUT2D eigenvalue weighted by molar-refractivity contribution is 6.05. The molecule has 7 atom stereocenters. The Hall–Kier alpha value is -2.55. The molecular formula is C35H45N3O3. The summed E-state index contributed by atoms with van der Waals surface area (Å²) in [6, 6.07) is 2.20. The van der Waals surface area contributed by atoms with Gasteiger partial charge in [-0.15, -0.1) is 0 Å². The third-order valence-corrected chi connectivity index (χ3v) is 14.1.